The Morgan fingerprint density at radius 3 is 2.82 bits per heavy atom. The second-order valence-corrected chi connectivity index (χ2v) is 9.41. The van der Waals surface area contributed by atoms with Crippen molar-refractivity contribution in [1.29, 1.82) is 5.26 Å². The normalized spacial score (nSPS) is 14.5. The molecule has 2 amide bonds. The predicted molar refractivity (Wildman–Crippen MR) is 127 cm³/mol. The summed E-state index contributed by atoms with van der Waals surface area (Å²) in [6, 6.07) is 8.05. The maximum atomic E-state index is 12.8. The lowest BCUT2D eigenvalue weighted by Gasteiger charge is -2.26. The number of nitrogens with zero attached hydrogens (tertiary/aromatic N) is 2. The number of nitriles is 1. The molecule has 2 aromatic rings. The summed E-state index contributed by atoms with van der Waals surface area (Å²) in [6.07, 6.45) is -1.05. The second kappa shape index (κ2) is 11.3. The first kappa shape index (κ1) is 25.5. The van der Waals surface area contributed by atoms with Crippen LogP contribution in [0.3, 0.4) is 0 Å². The number of carbonyl (C=O) groups is 2. The van der Waals surface area contributed by atoms with Crippen LogP contribution in [0.15, 0.2) is 18.2 Å². The van der Waals surface area contributed by atoms with Crippen LogP contribution < -0.4 is 10.1 Å². The van der Waals surface area contributed by atoms with E-state index in [1.807, 2.05) is 32.0 Å². The van der Waals surface area contributed by atoms with Crippen molar-refractivity contribution in [3.63, 3.8) is 0 Å². The Bertz CT molecular complexity index is 1090. The monoisotopic (exact) mass is 487 g/mol. The van der Waals surface area contributed by atoms with Gasteiger partial charge in [0, 0.05) is 17.8 Å². The SMILES string of the molecule is COc1ccc(C)cc1C(C)CC(=O)Nc1sc2c(c1C#N)CCN(C(=O)OCC(O)CO)C2. The van der Waals surface area contributed by atoms with Gasteiger partial charge in [0.1, 0.15) is 29.5 Å². The minimum Gasteiger partial charge on any atom is -0.496 e. The first-order chi connectivity index (χ1) is 16.3. The summed E-state index contributed by atoms with van der Waals surface area (Å²) in [4.78, 5) is 27.4. The van der Waals surface area contributed by atoms with E-state index in [-0.39, 0.29) is 31.4 Å². The molecule has 9 nitrogen and oxygen atoms in total. The van der Waals surface area contributed by atoms with Crippen molar-refractivity contribution in [2.45, 2.75) is 45.3 Å². The van der Waals surface area contributed by atoms with Gasteiger partial charge >= 0.3 is 6.09 Å². The lowest BCUT2D eigenvalue weighted by Crippen LogP contribution is -2.37. The third-order valence-corrected chi connectivity index (χ3v) is 6.83. The third kappa shape index (κ3) is 5.86. The van der Waals surface area contributed by atoms with Gasteiger partial charge in [-0.2, -0.15) is 5.26 Å². The Balaban J connectivity index is 1.68. The van der Waals surface area contributed by atoms with E-state index in [0.29, 0.717) is 23.5 Å². The molecular weight excluding hydrogens is 458 g/mol. The number of hydrogen-bond donors (Lipinski definition) is 3. The number of aryl methyl sites for hydroxylation is 1. The van der Waals surface area contributed by atoms with E-state index in [0.717, 1.165) is 27.3 Å². The fourth-order valence-electron chi connectivity index (χ4n) is 3.88. The highest BCUT2D eigenvalue weighted by Crippen LogP contribution is 2.37. The minimum atomic E-state index is -1.12. The zero-order valence-electron chi connectivity index (χ0n) is 19.5. The summed E-state index contributed by atoms with van der Waals surface area (Å²) >= 11 is 1.28. The summed E-state index contributed by atoms with van der Waals surface area (Å²) in [6.45, 7) is 3.75. The lowest BCUT2D eigenvalue weighted by atomic mass is 9.95. The van der Waals surface area contributed by atoms with Crippen molar-refractivity contribution in [3.8, 4) is 11.8 Å². The van der Waals surface area contributed by atoms with Crippen LogP contribution in [0, 0.1) is 18.3 Å². The molecule has 0 saturated heterocycles. The summed E-state index contributed by atoms with van der Waals surface area (Å²) in [5, 5.41) is 31.3. The Kier molecular flexibility index (Phi) is 8.50. The highest BCUT2D eigenvalue weighted by Gasteiger charge is 2.29. The van der Waals surface area contributed by atoms with E-state index in [9.17, 15) is 20.0 Å². The number of thiophene rings is 1. The number of fused-ring (bicyclic) bond motifs is 1. The number of ether oxygens (including phenoxy) is 2. The standard InChI is InChI=1S/C24H29N3O6S/c1-14-4-5-20(32-3)18(8-14)15(2)9-22(30)26-23-19(10-25)17-6-7-27(11-21(17)34-23)24(31)33-13-16(29)12-28/h4-5,8,15-16,28-29H,6-7,9,11-13H2,1-3H3,(H,26,30). The van der Waals surface area contributed by atoms with Crippen molar-refractivity contribution in [2.75, 3.05) is 32.2 Å². The van der Waals surface area contributed by atoms with Crippen molar-refractivity contribution in [2.24, 2.45) is 0 Å². The fraction of sp³-hybridized carbons (Fsp3) is 0.458. The number of methoxy groups -OCH3 is 1. The predicted octanol–water partition coefficient (Wildman–Crippen LogP) is 2.92. The van der Waals surface area contributed by atoms with Gasteiger partial charge in [0.25, 0.3) is 0 Å². The maximum absolute atomic E-state index is 12.8. The van der Waals surface area contributed by atoms with Crippen molar-refractivity contribution < 1.29 is 29.3 Å². The first-order valence-electron chi connectivity index (χ1n) is 11.0. The Morgan fingerprint density at radius 2 is 2.15 bits per heavy atom. The van der Waals surface area contributed by atoms with Crippen LogP contribution >= 0.6 is 11.3 Å². The number of nitrogens with one attached hydrogen (secondary N) is 1. The lowest BCUT2D eigenvalue weighted by molar-refractivity contribution is -0.116. The highest BCUT2D eigenvalue weighted by atomic mass is 32.1. The summed E-state index contributed by atoms with van der Waals surface area (Å²) in [5.41, 5.74) is 3.28. The van der Waals surface area contributed by atoms with Gasteiger partial charge in [-0.25, -0.2) is 4.79 Å². The zero-order chi connectivity index (χ0) is 24.8. The number of anilines is 1. The number of rotatable bonds is 8. The number of aliphatic hydroxyl groups excluding tert-OH is 2. The highest BCUT2D eigenvalue weighted by molar-refractivity contribution is 7.16. The second-order valence-electron chi connectivity index (χ2n) is 8.30. The zero-order valence-corrected chi connectivity index (χ0v) is 20.3. The molecule has 2 heterocycles. The molecule has 1 aromatic carbocycles. The van der Waals surface area contributed by atoms with Gasteiger partial charge in [0.2, 0.25) is 5.91 Å². The van der Waals surface area contributed by atoms with Crippen LogP contribution in [-0.4, -0.2) is 60.1 Å². The average Bonchev–Trinajstić information content (AvgIpc) is 3.17. The molecule has 182 valence electrons. The van der Waals surface area contributed by atoms with Gasteiger partial charge in [-0.3, -0.25) is 4.79 Å². The minimum absolute atomic E-state index is 0.0884. The molecule has 0 saturated carbocycles. The van der Waals surface area contributed by atoms with Gasteiger partial charge in [-0.05, 0) is 36.5 Å². The molecule has 3 rings (SSSR count). The van der Waals surface area contributed by atoms with E-state index in [4.69, 9.17) is 14.6 Å². The van der Waals surface area contributed by atoms with E-state index in [1.54, 1.807) is 7.11 Å². The Labute approximate surface area is 202 Å². The topological polar surface area (TPSA) is 132 Å². The molecule has 0 bridgehead atoms. The molecule has 0 fully saturated rings. The van der Waals surface area contributed by atoms with Crippen LogP contribution in [0.4, 0.5) is 9.80 Å². The number of aliphatic hydroxyl groups is 2. The number of amides is 2. The maximum Gasteiger partial charge on any atom is 0.410 e. The molecule has 1 aromatic heterocycles. The van der Waals surface area contributed by atoms with E-state index < -0.39 is 18.8 Å². The van der Waals surface area contributed by atoms with Crippen molar-refractivity contribution >= 4 is 28.3 Å². The number of carbonyl (C=O) groups excluding carboxylic acids is 2. The molecule has 0 radical (unpaired) electrons. The van der Waals surface area contributed by atoms with Crippen LogP contribution in [0.25, 0.3) is 0 Å². The molecular formula is C24H29N3O6S. The third-order valence-electron chi connectivity index (χ3n) is 5.70. The average molecular weight is 488 g/mol. The molecule has 1 aliphatic heterocycles. The molecule has 1 aliphatic rings. The van der Waals surface area contributed by atoms with Gasteiger partial charge < -0.3 is 29.9 Å². The van der Waals surface area contributed by atoms with Crippen LogP contribution in [0.1, 0.15) is 46.4 Å². The van der Waals surface area contributed by atoms with Crippen LogP contribution in [-0.2, 0) is 22.5 Å². The van der Waals surface area contributed by atoms with Gasteiger partial charge in [-0.15, -0.1) is 11.3 Å². The van der Waals surface area contributed by atoms with Crippen molar-refractivity contribution in [3.05, 3.63) is 45.3 Å². The summed E-state index contributed by atoms with van der Waals surface area (Å²) < 4.78 is 10.5. The Hall–Kier alpha value is -3.13. The number of hydrogen-bond acceptors (Lipinski definition) is 8. The molecule has 0 spiro atoms. The first-order valence-corrected chi connectivity index (χ1v) is 11.8. The van der Waals surface area contributed by atoms with Crippen LogP contribution in [0.5, 0.6) is 5.75 Å². The number of benzene rings is 1. The Morgan fingerprint density at radius 1 is 1.38 bits per heavy atom. The molecule has 34 heavy (non-hydrogen) atoms. The largest absolute Gasteiger partial charge is 0.496 e. The summed E-state index contributed by atoms with van der Waals surface area (Å²) in [5.74, 6) is 0.434. The molecule has 2 unspecified atom stereocenters. The van der Waals surface area contributed by atoms with Crippen molar-refractivity contribution in [1.82, 2.24) is 4.90 Å². The smallest absolute Gasteiger partial charge is 0.410 e. The quantitative estimate of drug-likeness (QED) is 0.521. The van der Waals surface area contributed by atoms with Gasteiger partial charge in [0.15, 0.2) is 0 Å². The summed E-state index contributed by atoms with van der Waals surface area (Å²) in [7, 11) is 1.60. The molecule has 10 heteroatoms. The van der Waals surface area contributed by atoms with Crippen LogP contribution in [0.2, 0.25) is 0 Å². The molecule has 3 N–H and O–H groups in total. The van der Waals surface area contributed by atoms with Gasteiger partial charge in [0.05, 0.1) is 25.8 Å². The molecule has 2 atom stereocenters. The van der Waals surface area contributed by atoms with E-state index in [2.05, 4.69) is 11.4 Å². The fourth-order valence-corrected chi connectivity index (χ4v) is 5.11. The van der Waals surface area contributed by atoms with Gasteiger partial charge in [-0.1, -0.05) is 24.6 Å². The van der Waals surface area contributed by atoms with E-state index >= 15 is 0 Å². The van der Waals surface area contributed by atoms with E-state index in [1.165, 1.54) is 16.2 Å². The molecule has 0 aliphatic carbocycles.